The van der Waals surface area contributed by atoms with Gasteiger partial charge >= 0.3 is 6.03 Å². The van der Waals surface area contributed by atoms with E-state index in [2.05, 4.69) is 29.3 Å². The lowest BCUT2D eigenvalue weighted by molar-refractivity contribution is -0.140. The summed E-state index contributed by atoms with van der Waals surface area (Å²) in [5.74, 6) is 0.216. The SMILES string of the molecule is CC1CCC2(CC1)NC(=O)N(CC(=O)N1CCN(Cc3ccccc3)CC1)C2=O. The maximum absolute atomic E-state index is 12.9. The molecule has 1 aromatic carbocycles. The van der Waals surface area contributed by atoms with Crippen molar-refractivity contribution < 1.29 is 14.4 Å². The number of urea groups is 1. The fourth-order valence-corrected chi connectivity index (χ4v) is 4.65. The standard InChI is InChI=1S/C22H30N4O3/c1-17-7-9-22(10-8-17)20(28)26(21(29)23-22)16-19(27)25-13-11-24(12-14-25)15-18-5-3-2-4-6-18/h2-6,17H,7-16H2,1H3,(H,23,29). The van der Waals surface area contributed by atoms with Crippen LogP contribution in [0.25, 0.3) is 0 Å². The summed E-state index contributed by atoms with van der Waals surface area (Å²) < 4.78 is 0. The molecule has 3 fully saturated rings. The first-order valence-corrected chi connectivity index (χ1v) is 10.6. The second-order valence-corrected chi connectivity index (χ2v) is 8.73. The van der Waals surface area contributed by atoms with Crippen LogP contribution in [0.15, 0.2) is 30.3 Å². The van der Waals surface area contributed by atoms with Gasteiger partial charge in [-0.05, 0) is 37.2 Å². The third-order valence-electron chi connectivity index (χ3n) is 6.64. The minimum Gasteiger partial charge on any atom is -0.339 e. The van der Waals surface area contributed by atoms with Crippen molar-refractivity contribution in [3.05, 3.63) is 35.9 Å². The van der Waals surface area contributed by atoms with E-state index in [1.165, 1.54) is 5.56 Å². The molecule has 7 heteroatoms. The van der Waals surface area contributed by atoms with E-state index < -0.39 is 11.6 Å². The minimum atomic E-state index is -0.780. The van der Waals surface area contributed by atoms with Crippen molar-refractivity contribution in [3.63, 3.8) is 0 Å². The van der Waals surface area contributed by atoms with Gasteiger partial charge in [-0.15, -0.1) is 0 Å². The highest BCUT2D eigenvalue weighted by Crippen LogP contribution is 2.36. The van der Waals surface area contributed by atoms with Crippen LogP contribution in [0.1, 0.15) is 38.2 Å². The van der Waals surface area contributed by atoms with E-state index in [0.717, 1.165) is 37.4 Å². The Morgan fingerprint density at radius 2 is 1.72 bits per heavy atom. The maximum Gasteiger partial charge on any atom is 0.325 e. The summed E-state index contributed by atoms with van der Waals surface area (Å²) in [4.78, 5) is 43.4. The summed E-state index contributed by atoms with van der Waals surface area (Å²) in [6.45, 7) is 5.73. The summed E-state index contributed by atoms with van der Waals surface area (Å²) in [5.41, 5.74) is 0.483. The molecule has 0 radical (unpaired) electrons. The normalized spacial score (nSPS) is 28.1. The van der Waals surface area contributed by atoms with Crippen LogP contribution < -0.4 is 5.32 Å². The van der Waals surface area contributed by atoms with Crippen molar-refractivity contribution in [2.75, 3.05) is 32.7 Å². The number of nitrogens with one attached hydrogen (secondary N) is 1. The zero-order valence-corrected chi connectivity index (χ0v) is 17.1. The van der Waals surface area contributed by atoms with Gasteiger partial charge in [0.25, 0.3) is 5.91 Å². The summed E-state index contributed by atoms with van der Waals surface area (Å²) in [5, 5.41) is 2.89. The molecule has 0 aromatic heterocycles. The van der Waals surface area contributed by atoms with Gasteiger partial charge in [0.15, 0.2) is 0 Å². The molecule has 2 heterocycles. The zero-order valence-electron chi connectivity index (χ0n) is 17.1. The summed E-state index contributed by atoms with van der Waals surface area (Å²) in [6, 6.07) is 9.88. The Kier molecular flexibility index (Phi) is 5.58. The lowest BCUT2D eigenvalue weighted by Gasteiger charge is -2.35. The first-order valence-electron chi connectivity index (χ1n) is 10.6. The van der Waals surface area contributed by atoms with Gasteiger partial charge < -0.3 is 10.2 Å². The van der Waals surface area contributed by atoms with Crippen LogP contribution in [0.5, 0.6) is 0 Å². The molecule has 1 saturated carbocycles. The predicted octanol–water partition coefficient (Wildman–Crippen LogP) is 1.83. The van der Waals surface area contributed by atoms with E-state index >= 15 is 0 Å². The Balaban J connectivity index is 1.30. The third kappa shape index (κ3) is 4.15. The first-order chi connectivity index (χ1) is 14.0. The molecule has 0 atom stereocenters. The molecule has 0 bridgehead atoms. The van der Waals surface area contributed by atoms with Crippen LogP contribution in [-0.2, 0) is 16.1 Å². The Bertz CT molecular complexity index is 766. The maximum atomic E-state index is 12.9. The van der Waals surface area contributed by atoms with E-state index in [1.54, 1.807) is 4.90 Å². The van der Waals surface area contributed by atoms with Crippen molar-refractivity contribution in [2.24, 2.45) is 5.92 Å². The van der Waals surface area contributed by atoms with Crippen molar-refractivity contribution in [1.29, 1.82) is 0 Å². The van der Waals surface area contributed by atoms with Gasteiger partial charge in [-0.3, -0.25) is 19.4 Å². The van der Waals surface area contributed by atoms with Crippen molar-refractivity contribution in [2.45, 2.75) is 44.7 Å². The second-order valence-electron chi connectivity index (χ2n) is 8.73. The number of amides is 4. The summed E-state index contributed by atoms with van der Waals surface area (Å²) in [7, 11) is 0. The Morgan fingerprint density at radius 1 is 1.07 bits per heavy atom. The smallest absolute Gasteiger partial charge is 0.325 e. The fraction of sp³-hybridized carbons (Fsp3) is 0.591. The van der Waals surface area contributed by atoms with E-state index in [0.29, 0.717) is 31.8 Å². The van der Waals surface area contributed by atoms with Gasteiger partial charge in [-0.2, -0.15) is 0 Å². The Morgan fingerprint density at radius 3 is 2.38 bits per heavy atom. The minimum absolute atomic E-state index is 0.144. The summed E-state index contributed by atoms with van der Waals surface area (Å²) >= 11 is 0. The highest BCUT2D eigenvalue weighted by atomic mass is 16.2. The van der Waals surface area contributed by atoms with Gasteiger partial charge in [-0.1, -0.05) is 37.3 Å². The van der Waals surface area contributed by atoms with Crippen LogP contribution in [0.2, 0.25) is 0 Å². The molecule has 1 N–H and O–H groups in total. The molecule has 7 nitrogen and oxygen atoms in total. The molecule has 2 saturated heterocycles. The number of imide groups is 1. The number of hydrogen-bond donors (Lipinski definition) is 1. The Hall–Kier alpha value is -2.41. The fourth-order valence-electron chi connectivity index (χ4n) is 4.65. The zero-order chi connectivity index (χ0) is 20.4. The van der Waals surface area contributed by atoms with Gasteiger partial charge in [0.1, 0.15) is 12.1 Å². The summed E-state index contributed by atoms with van der Waals surface area (Å²) in [6.07, 6.45) is 3.19. The molecule has 4 rings (SSSR count). The highest BCUT2D eigenvalue weighted by molar-refractivity contribution is 6.09. The van der Waals surface area contributed by atoms with E-state index in [1.807, 2.05) is 18.2 Å². The van der Waals surface area contributed by atoms with E-state index in [-0.39, 0.29) is 18.4 Å². The van der Waals surface area contributed by atoms with Gasteiger partial charge in [0.05, 0.1) is 0 Å². The molecule has 1 aromatic rings. The monoisotopic (exact) mass is 398 g/mol. The quantitative estimate of drug-likeness (QED) is 0.786. The number of benzene rings is 1. The van der Waals surface area contributed by atoms with Crippen LogP contribution in [0, 0.1) is 5.92 Å². The second kappa shape index (κ2) is 8.14. The molecule has 4 amide bonds. The molecule has 1 aliphatic carbocycles. The third-order valence-corrected chi connectivity index (χ3v) is 6.64. The topological polar surface area (TPSA) is 73.0 Å². The van der Waals surface area contributed by atoms with Crippen molar-refractivity contribution in [1.82, 2.24) is 20.0 Å². The number of carbonyl (C=O) groups is 3. The molecular weight excluding hydrogens is 368 g/mol. The average molecular weight is 399 g/mol. The molecule has 1 spiro atoms. The highest BCUT2D eigenvalue weighted by Gasteiger charge is 2.52. The molecule has 2 aliphatic heterocycles. The largest absolute Gasteiger partial charge is 0.339 e. The lowest BCUT2D eigenvalue weighted by Crippen LogP contribution is -2.52. The van der Waals surface area contributed by atoms with Crippen LogP contribution in [0.3, 0.4) is 0 Å². The number of nitrogens with zero attached hydrogens (tertiary/aromatic N) is 3. The van der Waals surface area contributed by atoms with E-state index in [9.17, 15) is 14.4 Å². The van der Waals surface area contributed by atoms with Gasteiger partial charge in [-0.25, -0.2) is 4.79 Å². The molecule has 29 heavy (non-hydrogen) atoms. The Labute approximate surface area is 172 Å². The molecule has 156 valence electrons. The number of hydrogen-bond acceptors (Lipinski definition) is 4. The van der Waals surface area contributed by atoms with Crippen molar-refractivity contribution >= 4 is 17.8 Å². The number of piperazine rings is 1. The average Bonchev–Trinajstić information content (AvgIpc) is 2.96. The van der Waals surface area contributed by atoms with Crippen LogP contribution in [-0.4, -0.2) is 70.8 Å². The van der Waals surface area contributed by atoms with Gasteiger partial charge in [0.2, 0.25) is 5.91 Å². The number of rotatable bonds is 4. The predicted molar refractivity (Wildman–Crippen MR) is 109 cm³/mol. The molecular formula is C22H30N4O3. The van der Waals surface area contributed by atoms with Gasteiger partial charge in [0, 0.05) is 32.7 Å². The lowest BCUT2D eigenvalue weighted by atomic mass is 9.77. The van der Waals surface area contributed by atoms with Crippen molar-refractivity contribution in [3.8, 4) is 0 Å². The van der Waals surface area contributed by atoms with E-state index in [4.69, 9.17) is 0 Å². The molecule has 0 unspecified atom stereocenters. The number of carbonyl (C=O) groups excluding carboxylic acids is 3. The van der Waals surface area contributed by atoms with Crippen LogP contribution >= 0.6 is 0 Å². The van der Waals surface area contributed by atoms with Crippen LogP contribution in [0.4, 0.5) is 4.79 Å². The first kappa shape index (κ1) is 19.9. The molecule has 3 aliphatic rings.